The van der Waals surface area contributed by atoms with Gasteiger partial charge in [-0.15, -0.1) is 0 Å². The summed E-state index contributed by atoms with van der Waals surface area (Å²) >= 11 is 0. The highest BCUT2D eigenvalue weighted by molar-refractivity contribution is 5.96. The number of carbonyl (C=O) groups excluding carboxylic acids is 1. The largest absolute Gasteiger partial charge is 0.356 e. The molecule has 0 atom stereocenters. The molecule has 0 aliphatic heterocycles. The number of nitrogens with one attached hydrogen (secondary N) is 1. The lowest BCUT2D eigenvalue weighted by atomic mass is 10.2. The fourth-order valence-electron chi connectivity index (χ4n) is 0.922. The van der Waals surface area contributed by atoms with Crippen LogP contribution in [0.15, 0.2) is 6.07 Å². The summed E-state index contributed by atoms with van der Waals surface area (Å²) < 4.78 is 0. The van der Waals surface area contributed by atoms with Crippen LogP contribution in [0.5, 0.6) is 0 Å². The molecule has 3 nitrogen and oxygen atoms in total. The van der Waals surface area contributed by atoms with Gasteiger partial charge in [-0.1, -0.05) is 0 Å². The summed E-state index contributed by atoms with van der Waals surface area (Å²) in [6, 6.07) is 1.82. The van der Waals surface area contributed by atoms with Crippen molar-refractivity contribution in [3.63, 3.8) is 0 Å². The number of ketones is 1. The molecule has 0 spiro atoms. The van der Waals surface area contributed by atoms with Gasteiger partial charge in [-0.25, -0.2) is 0 Å². The van der Waals surface area contributed by atoms with Gasteiger partial charge >= 0.3 is 0 Å². The second-order valence-corrected chi connectivity index (χ2v) is 2.62. The number of aryl methyl sites for hydroxylation is 2. The number of rotatable bonds is 2. The van der Waals surface area contributed by atoms with E-state index in [1.54, 1.807) is 0 Å². The molecule has 0 aromatic carbocycles. The maximum atomic E-state index is 11.0. The molecule has 11 heavy (non-hydrogen) atoms. The number of H-pyrrole nitrogens is 1. The van der Waals surface area contributed by atoms with E-state index in [2.05, 4.69) is 4.98 Å². The molecule has 0 radical (unpaired) electrons. The third-order valence-electron chi connectivity index (χ3n) is 1.76. The minimum atomic E-state index is -0.0406. The topological polar surface area (TPSA) is 58.9 Å². The van der Waals surface area contributed by atoms with Crippen molar-refractivity contribution in [2.24, 2.45) is 5.73 Å². The Morgan fingerprint density at radius 1 is 1.64 bits per heavy atom. The molecule has 0 aliphatic carbocycles. The molecule has 0 amide bonds. The van der Waals surface area contributed by atoms with Crippen LogP contribution in [-0.2, 0) is 0 Å². The van der Waals surface area contributed by atoms with Gasteiger partial charge in [-0.05, 0) is 25.5 Å². The molecule has 60 valence electrons. The van der Waals surface area contributed by atoms with Crippen molar-refractivity contribution in [2.75, 3.05) is 6.54 Å². The van der Waals surface area contributed by atoms with E-state index in [-0.39, 0.29) is 12.3 Å². The van der Waals surface area contributed by atoms with Crippen LogP contribution in [0, 0.1) is 13.8 Å². The van der Waals surface area contributed by atoms with E-state index in [4.69, 9.17) is 5.73 Å². The lowest BCUT2D eigenvalue weighted by Crippen LogP contribution is -2.13. The Morgan fingerprint density at radius 3 is 2.64 bits per heavy atom. The second-order valence-electron chi connectivity index (χ2n) is 2.62. The van der Waals surface area contributed by atoms with Crippen molar-refractivity contribution < 1.29 is 4.79 Å². The lowest BCUT2D eigenvalue weighted by molar-refractivity contribution is 0.0997. The Labute approximate surface area is 65.6 Å². The first kappa shape index (κ1) is 8.01. The SMILES string of the molecule is Cc1cc(C(=O)CN)[nH]c1C. The quantitative estimate of drug-likeness (QED) is 0.615. The number of nitrogens with two attached hydrogens (primary N) is 1. The van der Waals surface area contributed by atoms with Gasteiger partial charge in [0.1, 0.15) is 0 Å². The molecule has 1 aromatic heterocycles. The molecule has 0 saturated heterocycles. The van der Waals surface area contributed by atoms with E-state index in [9.17, 15) is 4.79 Å². The summed E-state index contributed by atoms with van der Waals surface area (Å²) in [5.41, 5.74) is 7.94. The van der Waals surface area contributed by atoms with Crippen molar-refractivity contribution >= 4 is 5.78 Å². The van der Waals surface area contributed by atoms with Gasteiger partial charge in [-0.2, -0.15) is 0 Å². The van der Waals surface area contributed by atoms with Crippen LogP contribution >= 0.6 is 0 Å². The number of hydrogen-bond acceptors (Lipinski definition) is 2. The van der Waals surface area contributed by atoms with Gasteiger partial charge < -0.3 is 10.7 Å². The predicted molar refractivity (Wildman–Crippen MR) is 43.7 cm³/mol. The number of aromatic amines is 1. The standard InChI is InChI=1S/C8H12N2O/c1-5-3-7(8(11)4-9)10-6(5)2/h3,10H,4,9H2,1-2H3. The Bertz CT molecular complexity index is 256. The normalized spacial score (nSPS) is 10.1. The third kappa shape index (κ3) is 1.49. The highest BCUT2D eigenvalue weighted by Gasteiger charge is 2.06. The average molecular weight is 152 g/mol. The van der Waals surface area contributed by atoms with E-state index in [1.807, 2.05) is 19.9 Å². The second kappa shape index (κ2) is 2.88. The first-order valence-corrected chi connectivity index (χ1v) is 3.54. The van der Waals surface area contributed by atoms with Crippen molar-refractivity contribution in [1.82, 2.24) is 4.98 Å². The predicted octanol–water partition coefficient (Wildman–Crippen LogP) is 0.773. The Hall–Kier alpha value is -1.09. The highest BCUT2D eigenvalue weighted by Crippen LogP contribution is 2.07. The van der Waals surface area contributed by atoms with Gasteiger partial charge in [0, 0.05) is 5.69 Å². The zero-order valence-corrected chi connectivity index (χ0v) is 6.77. The molecule has 0 aliphatic rings. The van der Waals surface area contributed by atoms with Crippen molar-refractivity contribution in [3.05, 3.63) is 23.0 Å². The van der Waals surface area contributed by atoms with Gasteiger partial charge in [0.05, 0.1) is 12.2 Å². The molecule has 1 rings (SSSR count). The highest BCUT2D eigenvalue weighted by atomic mass is 16.1. The Kier molecular flexibility index (Phi) is 2.10. The van der Waals surface area contributed by atoms with Crippen LogP contribution < -0.4 is 5.73 Å². The molecule has 0 fully saturated rings. The summed E-state index contributed by atoms with van der Waals surface area (Å²) in [5.74, 6) is -0.0406. The van der Waals surface area contributed by atoms with E-state index >= 15 is 0 Å². The fourth-order valence-corrected chi connectivity index (χ4v) is 0.922. The monoisotopic (exact) mass is 152 g/mol. The van der Waals surface area contributed by atoms with Gasteiger partial charge in [0.25, 0.3) is 0 Å². The molecule has 1 heterocycles. The molecule has 0 bridgehead atoms. The summed E-state index contributed by atoms with van der Waals surface area (Å²) in [6.45, 7) is 3.96. The summed E-state index contributed by atoms with van der Waals surface area (Å²) in [7, 11) is 0. The van der Waals surface area contributed by atoms with Crippen molar-refractivity contribution in [2.45, 2.75) is 13.8 Å². The van der Waals surface area contributed by atoms with Crippen LogP contribution in [0.4, 0.5) is 0 Å². The first-order chi connectivity index (χ1) is 5.15. The number of hydrogen-bond donors (Lipinski definition) is 2. The van der Waals surface area contributed by atoms with E-state index < -0.39 is 0 Å². The van der Waals surface area contributed by atoms with Gasteiger partial charge in [0.2, 0.25) is 0 Å². The van der Waals surface area contributed by atoms with Crippen LogP contribution in [0.3, 0.4) is 0 Å². The zero-order chi connectivity index (χ0) is 8.43. The smallest absolute Gasteiger partial charge is 0.192 e. The maximum Gasteiger partial charge on any atom is 0.192 e. The van der Waals surface area contributed by atoms with Gasteiger partial charge in [-0.3, -0.25) is 4.79 Å². The third-order valence-corrected chi connectivity index (χ3v) is 1.76. The Morgan fingerprint density at radius 2 is 2.27 bits per heavy atom. The molecular formula is C8H12N2O. The van der Waals surface area contributed by atoms with Crippen LogP contribution in [0.25, 0.3) is 0 Å². The number of carbonyl (C=O) groups is 1. The maximum absolute atomic E-state index is 11.0. The molecule has 0 unspecified atom stereocenters. The van der Waals surface area contributed by atoms with E-state index in [0.29, 0.717) is 5.69 Å². The van der Waals surface area contributed by atoms with Crippen molar-refractivity contribution in [3.8, 4) is 0 Å². The average Bonchev–Trinajstić information content (AvgIpc) is 2.31. The summed E-state index contributed by atoms with van der Waals surface area (Å²) in [4.78, 5) is 14.0. The van der Waals surface area contributed by atoms with Crippen LogP contribution in [-0.4, -0.2) is 17.3 Å². The molecular weight excluding hydrogens is 140 g/mol. The first-order valence-electron chi connectivity index (χ1n) is 3.54. The van der Waals surface area contributed by atoms with Gasteiger partial charge in [0.15, 0.2) is 5.78 Å². The van der Waals surface area contributed by atoms with E-state index in [1.165, 1.54) is 0 Å². The molecule has 1 aromatic rings. The van der Waals surface area contributed by atoms with Crippen LogP contribution in [0.1, 0.15) is 21.7 Å². The Balaban J connectivity index is 2.97. The minimum absolute atomic E-state index is 0.0406. The number of aromatic nitrogens is 1. The fraction of sp³-hybridized carbons (Fsp3) is 0.375. The van der Waals surface area contributed by atoms with E-state index in [0.717, 1.165) is 11.3 Å². The summed E-state index contributed by atoms with van der Waals surface area (Å²) in [6.07, 6.45) is 0. The lowest BCUT2D eigenvalue weighted by Gasteiger charge is -1.89. The zero-order valence-electron chi connectivity index (χ0n) is 6.77. The van der Waals surface area contributed by atoms with Crippen molar-refractivity contribution in [1.29, 1.82) is 0 Å². The minimum Gasteiger partial charge on any atom is -0.356 e. The molecule has 3 N–H and O–H groups in total. The molecule has 0 saturated carbocycles. The number of Topliss-reactive ketones (excluding diaryl/α,β-unsaturated/α-hetero) is 1. The summed E-state index contributed by atoms with van der Waals surface area (Å²) in [5, 5.41) is 0. The molecule has 3 heteroatoms. The van der Waals surface area contributed by atoms with Crippen LogP contribution in [0.2, 0.25) is 0 Å².